The number of aromatic nitrogens is 1. The first kappa shape index (κ1) is 18.5. The van der Waals surface area contributed by atoms with E-state index in [4.69, 9.17) is 16.3 Å². The SMILES string of the molecule is CCOC(=O)c1c(-c2ccccc2)csc1Nc1ccnc2c(Cl)cccc12. The van der Waals surface area contributed by atoms with Crippen LogP contribution in [0, 0.1) is 0 Å². The lowest BCUT2D eigenvalue weighted by Gasteiger charge is -2.11. The number of benzene rings is 2. The summed E-state index contributed by atoms with van der Waals surface area (Å²) < 4.78 is 5.33. The fraction of sp³-hybridized carbons (Fsp3) is 0.0909. The molecule has 1 N–H and O–H groups in total. The van der Waals surface area contributed by atoms with Crippen LogP contribution in [-0.4, -0.2) is 17.6 Å². The number of nitrogens with one attached hydrogen (secondary N) is 1. The van der Waals surface area contributed by atoms with E-state index in [0.717, 1.165) is 27.2 Å². The molecule has 0 bridgehead atoms. The minimum absolute atomic E-state index is 0.316. The summed E-state index contributed by atoms with van der Waals surface area (Å²) in [7, 11) is 0. The average molecular weight is 409 g/mol. The maximum Gasteiger partial charge on any atom is 0.341 e. The first-order valence-electron chi connectivity index (χ1n) is 8.83. The van der Waals surface area contributed by atoms with Gasteiger partial charge in [-0.3, -0.25) is 4.98 Å². The number of rotatable bonds is 5. The zero-order chi connectivity index (χ0) is 19.5. The van der Waals surface area contributed by atoms with Crippen LogP contribution in [0.15, 0.2) is 66.2 Å². The van der Waals surface area contributed by atoms with Gasteiger partial charge in [0.1, 0.15) is 10.6 Å². The molecule has 0 atom stereocenters. The van der Waals surface area contributed by atoms with Crippen LogP contribution in [0.5, 0.6) is 0 Å². The van der Waals surface area contributed by atoms with Gasteiger partial charge < -0.3 is 10.1 Å². The van der Waals surface area contributed by atoms with Crippen molar-refractivity contribution in [1.29, 1.82) is 0 Å². The molecule has 140 valence electrons. The lowest BCUT2D eigenvalue weighted by molar-refractivity contribution is 0.0529. The van der Waals surface area contributed by atoms with E-state index >= 15 is 0 Å². The molecule has 4 nitrogen and oxygen atoms in total. The maximum atomic E-state index is 12.7. The molecule has 0 radical (unpaired) electrons. The van der Waals surface area contributed by atoms with Gasteiger partial charge in [-0.25, -0.2) is 4.79 Å². The van der Waals surface area contributed by atoms with Gasteiger partial charge in [0.05, 0.1) is 22.8 Å². The van der Waals surface area contributed by atoms with Gasteiger partial charge >= 0.3 is 5.97 Å². The van der Waals surface area contributed by atoms with Gasteiger partial charge in [0.15, 0.2) is 0 Å². The molecule has 0 unspecified atom stereocenters. The Bertz CT molecular complexity index is 1140. The van der Waals surface area contributed by atoms with E-state index in [-0.39, 0.29) is 5.97 Å². The normalized spacial score (nSPS) is 10.8. The number of fused-ring (bicyclic) bond motifs is 1. The third kappa shape index (κ3) is 3.46. The lowest BCUT2D eigenvalue weighted by Crippen LogP contribution is -2.07. The smallest absolute Gasteiger partial charge is 0.341 e. The summed E-state index contributed by atoms with van der Waals surface area (Å²) in [6.45, 7) is 2.12. The number of para-hydroxylation sites is 1. The Balaban J connectivity index is 1.82. The van der Waals surface area contributed by atoms with Crippen LogP contribution in [-0.2, 0) is 4.74 Å². The standard InChI is InChI=1S/C22H17ClN2O2S/c1-2-27-22(26)19-16(14-7-4-3-5-8-14)13-28-21(19)25-18-11-12-24-20-15(18)9-6-10-17(20)23/h3-13H,2H2,1H3,(H,24,25). The van der Waals surface area contributed by atoms with Crippen molar-refractivity contribution < 1.29 is 9.53 Å². The highest BCUT2D eigenvalue weighted by Gasteiger charge is 2.22. The van der Waals surface area contributed by atoms with Crippen molar-refractivity contribution in [2.45, 2.75) is 6.92 Å². The van der Waals surface area contributed by atoms with Crippen molar-refractivity contribution in [1.82, 2.24) is 4.98 Å². The molecule has 4 rings (SSSR count). The monoisotopic (exact) mass is 408 g/mol. The number of nitrogens with zero attached hydrogens (tertiary/aromatic N) is 1. The second kappa shape index (κ2) is 8.00. The number of carbonyl (C=O) groups excluding carboxylic acids is 1. The molecule has 2 aromatic carbocycles. The molecule has 2 aromatic heterocycles. The summed E-state index contributed by atoms with van der Waals surface area (Å²) in [6.07, 6.45) is 1.70. The summed E-state index contributed by atoms with van der Waals surface area (Å²) in [5, 5.41) is 7.56. The Kier molecular flexibility index (Phi) is 5.28. The van der Waals surface area contributed by atoms with Gasteiger partial charge in [0, 0.05) is 22.5 Å². The topological polar surface area (TPSA) is 51.2 Å². The molecule has 2 heterocycles. The second-order valence-corrected chi connectivity index (χ2v) is 7.35. The predicted octanol–water partition coefficient (Wildman–Crippen LogP) is 6.54. The van der Waals surface area contributed by atoms with Crippen LogP contribution < -0.4 is 5.32 Å². The molecule has 0 aliphatic rings. The Labute approximate surface area is 171 Å². The molecule has 0 amide bonds. The van der Waals surface area contributed by atoms with E-state index in [9.17, 15) is 4.79 Å². The molecule has 6 heteroatoms. The van der Waals surface area contributed by atoms with E-state index in [1.165, 1.54) is 11.3 Å². The largest absolute Gasteiger partial charge is 0.462 e. The number of hydrogen-bond acceptors (Lipinski definition) is 5. The highest BCUT2D eigenvalue weighted by Crippen LogP contribution is 2.39. The maximum absolute atomic E-state index is 12.7. The third-order valence-corrected chi connectivity index (χ3v) is 5.53. The van der Waals surface area contributed by atoms with Crippen molar-refractivity contribution >= 4 is 50.5 Å². The average Bonchev–Trinajstić information content (AvgIpc) is 3.13. The van der Waals surface area contributed by atoms with E-state index < -0.39 is 0 Å². The van der Waals surface area contributed by atoms with E-state index in [1.54, 1.807) is 13.1 Å². The van der Waals surface area contributed by atoms with Crippen molar-refractivity contribution in [2.24, 2.45) is 0 Å². The fourth-order valence-corrected chi connectivity index (χ4v) is 4.25. The molecule has 0 saturated carbocycles. The van der Waals surface area contributed by atoms with Crippen molar-refractivity contribution in [3.63, 3.8) is 0 Å². The molecule has 0 fully saturated rings. The summed E-state index contributed by atoms with van der Waals surface area (Å²) in [5.41, 5.74) is 3.90. The first-order chi connectivity index (χ1) is 13.7. The Hall–Kier alpha value is -2.89. The van der Waals surface area contributed by atoms with Crippen molar-refractivity contribution in [3.05, 3.63) is 76.8 Å². The molecule has 0 spiro atoms. The van der Waals surface area contributed by atoms with E-state index in [2.05, 4.69) is 10.3 Å². The molecule has 0 saturated heterocycles. The molecule has 0 aliphatic heterocycles. The number of thiophene rings is 1. The molecule has 28 heavy (non-hydrogen) atoms. The second-order valence-electron chi connectivity index (χ2n) is 6.06. The Morgan fingerprint density at radius 2 is 1.96 bits per heavy atom. The van der Waals surface area contributed by atoms with Gasteiger partial charge in [-0.05, 0) is 24.6 Å². The van der Waals surface area contributed by atoms with E-state index in [1.807, 2.05) is 60.0 Å². The van der Waals surface area contributed by atoms with Crippen molar-refractivity contribution in [3.8, 4) is 11.1 Å². The van der Waals surface area contributed by atoms with Crippen LogP contribution in [0.1, 0.15) is 17.3 Å². The molecule has 4 aromatic rings. The number of hydrogen-bond donors (Lipinski definition) is 1. The molecule has 0 aliphatic carbocycles. The first-order valence-corrected chi connectivity index (χ1v) is 10.1. The Morgan fingerprint density at radius 3 is 2.75 bits per heavy atom. The Morgan fingerprint density at radius 1 is 1.14 bits per heavy atom. The highest BCUT2D eigenvalue weighted by atomic mass is 35.5. The van der Waals surface area contributed by atoms with Gasteiger partial charge in [-0.1, -0.05) is 54.1 Å². The van der Waals surface area contributed by atoms with Crippen LogP contribution in [0.25, 0.3) is 22.0 Å². The summed E-state index contributed by atoms with van der Waals surface area (Å²) >= 11 is 7.74. The summed E-state index contributed by atoms with van der Waals surface area (Å²) in [5.74, 6) is -0.346. The zero-order valence-electron chi connectivity index (χ0n) is 15.1. The quantitative estimate of drug-likeness (QED) is 0.381. The van der Waals surface area contributed by atoms with Crippen LogP contribution >= 0.6 is 22.9 Å². The number of pyridine rings is 1. The van der Waals surface area contributed by atoms with Crippen LogP contribution in [0.2, 0.25) is 5.02 Å². The number of carbonyl (C=O) groups is 1. The van der Waals surface area contributed by atoms with Gasteiger partial charge in [0.2, 0.25) is 0 Å². The third-order valence-electron chi connectivity index (χ3n) is 4.33. The summed E-state index contributed by atoms with van der Waals surface area (Å²) in [4.78, 5) is 17.1. The lowest BCUT2D eigenvalue weighted by atomic mass is 10.0. The number of halogens is 1. The molecular weight excluding hydrogens is 392 g/mol. The van der Waals surface area contributed by atoms with Gasteiger partial charge in [0.25, 0.3) is 0 Å². The number of anilines is 2. The minimum Gasteiger partial charge on any atom is -0.462 e. The fourth-order valence-electron chi connectivity index (χ4n) is 3.06. The van der Waals surface area contributed by atoms with Gasteiger partial charge in [-0.15, -0.1) is 11.3 Å². The van der Waals surface area contributed by atoms with E-state index in [0.29, 0.717) is 22.7 Å². The highest BCUT2D eigenvalue weighted by molar-refractivity contribution is 7.15. The number of esters is 1. The predicted molar refractivity (Wildman–Crippen MR) is 116 cm³/mol. The molecular formula is C22H17ClN2O2S. The van der Waals surface area contributed by atoms with Crippen LogP contribution in [0.3, 0.4) is 0 Å². The van der Waals surface area contributed by atoms with Gasteiger partial charge in [-0.2, -0.15) is 0 Å². The number of ether oxygens (including phenoxy) is 1. The van der Waals surface area contributed by atoms with Crippen LogP contribution in [0.4, 0.5) is 10.7 Å². The zero-order valence-corrected chi connectivity index (χ0v) is 16.7. The van der Waals surface area contributed by atoms with Crippen molar-refractivity contribution in [2.75, 3.05) is 11.9 Å². The summed E-state index contributed by atoms with van der Waals surface area (Å²) in [6, 6.07) is 17.3. The minimum atomic E-state index is -0.346.